The quantitative estimate of drug-likeness (QED) is 0.689. The third kappa shape index (κ3) is 4.08. The first-order valence-corrected chi connectivity index (χ1v) is 10.6. The number of carbonyl (C=O) groups is 2. The van der Waals surface area contributed by atoms with Crippen molar-refractivity contribution in [2.75, 3.05) is 19.6 Å². The molecule has 2 amide bonds. The molecule has 5 heteroatoms. The monoisotopic (exact) mass is 408 g/mol. The van der Waals surface area contributed by atoms with Gasteiger partial charge in [0.25, 0.3) is 11.8 Å². The summed E-state index contributed by atoms with van der Waals surface area (Å²) in [5, 5.41) is 0.678. The average Bonchev–Trinajstić information content (AvgIpc) is 2.99. The van der Waals surface area contributed by atoms with E-state index in [1.165, 1.54) is 4.90 Å². The molecule has 0 spiro atoms. The Kier molecular flexibility index (Phi) is 5.72. The predicted octanol–water partition coefficient (Wildman–Crippen LogP) is 4.39. The van der Waals surface area contributed by atoms with E-state index in [9.17, 15) is 9.59 Å². The fourth-order valence-electron chi connectivity index (χ4n) is 4.05. The zero-order valence-electron chi connectivity index (χ0n) is 16.6. The first-order chi connectivity index (χ1) is 14.0. The fourth-order valence-corrected chi connectivity index (χ4v) is 4.17. The van der Waals surface area contributed by atoms with E-state index < -0.39 is 0 Å². The lowest BCUT2D eigenvalue weighted by Gasteiger charge is -2.32. The van der Waals surface area contributed by atoms with E-state index in [-0.39, 0.29) is 11.8 Å². The van der Waals surface area contributed by atoms with Gasteiger partial charge in [0.2, 0.25) is 0 Å². The van der Waals surface area contributed by atoms with Crippen molar-refractivity contribution < 1.29 is 9.59 Å². The molecular weight excluding hydrogens is 384 g/mol. The molecule has 4 rings (SSSR count). The van der Waals surface area contributed by atoms with Crippen LogP contribution in [0.25, 0.3) is 5.57 Å². The van der Waals surface area contributed by atoms with Crippen LogP contribution in [-0.4, -0.2) is 41.2 Å². The van der Waals surface area contributed by atoms with Crippen molar-refractivity contribution in [3.05, 3.63) is 76.4 Å². The highest BCUT2D eigenvalue weighted by Gasteiger charge is 2.41. The van der Waals surface area contributed by atoms with Crippen molar-refractivity contribution in [1.29, 1.82) is 0 Å². The molecule has 29 heavy (non-hydrogen) atoms. The van der Waals surface area contributed by atoms with Crippen LogP contribution < -0.4 is 0 Å². The second-order valence-corrected chi connectivity index (χ2v) is 8.33. The van der Waals surface area contributed by atoms with Crippen molar-refractivity contribution in [2.24, 2.45) is 5.92 Å². The van der Waals surface area contributed by atoms with Crippen molar-refractivity contribution in [3.8, 4) is 0 Å². The van der Waals surface area contributed by atoms with Gasteiger partial charge in [0, 0.05) is 24.7 Å². The second-order valence-electron chi connectivity index (χ2n) is 7.90. The molecule has 0 aliphatic carbocycles. The van der Waals surface area contributed by atoms with E-state index in [4.69, 9.17) is 11.6 Å². The second kappa shape index (κ2) is 8.42. The van der Waals surface area contributed by atoms with E-state index in [2.05, 4.69) is 11.8 Å². The van der Waals surface area contributed by atoms with Gasteiger partial charge in [0.15, 0.2) is 0 Å². The summed E-state index contributed by atoms with van der Waals surface area (Å²) in [5.74, 6) is 0.293. The average molecular weight is 409 g/mol. The lowest BCUT2D eigenvalue weighted by molar-refractivity contribution is -0.137. The number of amides is 2. The molecule has 2 heterocycles. The molecule has 0 N–H and O–H groups in total. The van der Waals surface area contributed by atoms with Gasteiger partial charge in [-0.25, -0.2) is 0 Å². The van der Waals surface area contributed by atoms with Crippen molar-refractivity contribution in [3.63, 3.8) is 0 Å². The number of benzene rings is 2. The largest absolute Gasteiger partial charge is 0.366 e. The normalized spacial score (nSPS) is 18.1. The summed E-state index contributed by atoms with van der Waals surface area (Å²) in [6.07, 6.45) is 2.69. The van der Waals surface area contributed by atoms with Gasteiger partial charge < -0.3 is 4.90 Å². The number of likely N-dealkylation sites (tertiary alicyclic amines) is 1. The van der Waals surface area contributed by atoms with Crippen LogP contribution in [0.4, 0.5) is 0 Å². The van der Waals surface area contributed by atoms with Gasteiger partial charge in [-0.3, -0.25) is 14.5 Å². The predicted molar refractivity (Wildman–Crippen MR) is 115 cm³/mol. The Hall–Kier alpha value is -2.59. The molecular formula is C24H25ClN2O2. The van der Waals surface area contributed by atoms with E-state index in [0.717, 1.165) is 37.1 Å². The molecule has 0 unspecified atom stereocenters. The molecule has 0 bridgehead atoms. The molecule has 2 aromatic carbocycles. The van der Waals surface area contributed by atoms with Gasteiger partial charge in [-0.15, -0.1) is 0 Å². The molecule has 0 radical (unpaired) electrons. The minimum absolute atomic E-state index is 0.169. The summed E-state index contributed by atoms with van der Waals surface area (Å²) in [6, 6.07) is 17.1. The number of hydrogen-bond donors (Lipinski definition) is 0. The Balaban J connectivity index is 1.61. The van der Waals surface area contributed by atoms with Gasteiger partial charge in [0.05, 0.1) is 5.57 Å². The number of carbonyl (C=O) groups excluding carboxylic acids is 2. The summed E-state index contributed by atoms with van der Waals surface area (Å²) < 4.78 is 0. The van der Waals surface area contributed by atoms with Crippen LogP contribution in [0.3, 0.4) is 0 Å². The van der Waals surface area contributed by atoms with E-state index >= 15 is 0 Å². The smallest absolute Gasteiger partial charge is 0.277 e. The first kappa shape index (κ1) is 19.7. The highest BCUT2D eigenvalue weighted by Crippen LogP contribution is 2.33. The van der Waals surface area contributed by atoms with Crippen molar-refractivity contribution in [1.82, 2.24) is 9.80 Å². The number of piperidine rings is 1. The standard InChI is InChI=1S/C24H25ClN2O2/c1-17-11-14-26(15-12-17)22-21(19-5-3-2-4-6-19)23(28)27(24(22)29)16-13-18-7-9-20(25)10-8-18/h2-10,17H,11-16H2,1H3. The topological polar surface area (TPSA) is 40.6 Å². The Bertz CT molecular complexity index is 929. The summed E-state index contributed by atoms with van der Waals surface area (Å²) >= 11 is 5.96. The minimum atomic E-state index is -0.191. The van der Waals surface area contributed by atoms with Gasteiger partial charge >= 0.3 is 0 Å². The molecule has 0 atom stereocenters. The molecule has 4 nitrogen and oxygen atoms in total. The molecule has 1 fully saturated rings. The molecule has 2 aliphatic rings. The van der Waals surface area contributed by atoms with E-state index in [1.807, 2.05) is 54.6 Å². The molecule has 0 saturated carbocycles. The van der Waals surface area contributed by atoms with Crippen LogP contribution in [0, 0.1) is 5.92 Å². The molecule has 1 saturated heterocycles. The SMILES string of the molecule is CC1CCN(C2=C(c3ccccc3)C(=O)N(CCc3ccc(Cl)cc3)C2=O)CC1. The fraction of sp³-hybridized carbons (Fsp3) is 0.333. The van der Waals surface area contributed by atoms with Crippen LogP contribution in [0.5, 0.6) is 0 Å². The number of rotatable bonds is 5. The lowest BCUT2D eigenvalue weighted by atomic mass is 9.97. The number of imide groups is 1. The van der Waals surface area contributed by atoms with Crippen LogP contribution in [-0.2, 0) is 16.0 Å². The Morgan fingerprint density at radius 3 is 2.24 bits per heavy atom. The van der Waals surface area contributed by atoms with Crippen molar-refractivity contribution >= 4 is 29.0 Å². The zero-order valence-corrected chi connectivity index (χ0v) is 17.4. The van der Waals surface area contributed by atoms with E-state index in [0.29, 0.717) is 35.2 Å². The zero-order chi connectivity index (χ0) is 20.4. The molecule has 0 aromatic heterocycles. The maximum atomic E-state index is 13.3. The molecule has 2 aromatic rings. The van der Waals surface area contributed by atoms with Crippen LogP contribution in [0.15, 0.2) is 60.3 Å². The highest BCUT2D eigenvalue weighted by molar-refractivity contribution is 6.35. The van der Waals surface area contributed by atoms with Gasteiger partial charge in [-0.2, -0.15) is 0 Å². The Labute approximate surface area is 176 Å². The van der Waals surface area contributed by atoms with Crippen LogP contribution >= 0.6 is 11.6 Å². The lowest BCUT2D eigenvalue weighted by Crippen LogP contribution is -2.39. The molecule has 2 aliphatic heterocycles. The maximum Gasteiger partial charge on any atom is 0.277 e. The number of hydrogen-bond acceptors (Lipinski definition) is 3. The Morgan fingerprint density at radius 2 is 1.59 bits per heavy atom. The summed E-state index contributed by atoms with van der Waals surface area (Å²) in [4.78, 5) is 30.2. The van der Waals surface area contributed by atoms with Gasteiger partial charge in [-0.1, -0.05) is 61.0 Å². The third-order valence-electron chi connectivity index (χ3n) is 5.84. The summed E-state index contributed by atoms with van der Waals surface area (Å²) in [7, 11) is 0. The summed E-state index contributed by atoms with van der Waals surface area (Å²) in [5.41, 5.74) is 2.98. The van der Waals surface area contributed by atoms with Crippen LogP contribution in [0.1, 0.15) is 30.9 Å². The first-order valence-electron chi connectivity index (χ1n) is 10.2. The number of halogens is 1. The minimum Gasteiger partial charge on any atom is -0.366 e. The van der Waals surface area contributed by atoms with Gasteiger partial charge in [-0.05, 0) is 48.4 Å². The summed E-state index contributed by atoms with van der Waals surface area (Å²) in [6.45, 7) is 4.24. The third-order valence-corrected chi connectivity index (χ3v) is 6.10. The highest BCUT2D eigenvalue weighted by atomic mass is 35.5. The van der Waals surface area contributed by atoms with Crippen molar-refractivity contribution in [2.45, 2.75) is 26.2 Å². The van der Waals surface area contributed by atoms with Crippen LogP contribution in [0.2, 0.25) is 5.02 Å². The Morgan fingerprint density at radius 1 is 0.931 bits per heavy atom. The van der Waals surface area contributed by atoms with Gasteiger partial charge in [0.1, 0.15) is 5.70 Å². The maximum absolute atomic E-state index is 13.3. The van der Waals surface area contributed by atoms with E-state index in [1.54, 1.807) is 0 Å². The number of nitrogens with zero attached hydrogens (tertiary/aromatic N) is 2. The molecule has 150 valence electrons.